The number of amides is 4. The minimum Gasteiger partial charge on any atom is -0.444 e. The number of alkyl carbamates (subject to hydrolysis) is 1. The first-order valence-electron chi connectivity index (χ1n) is 11.7. The van der Waals surface area contributed by atoms with Gasteiger partial charge in [-0.15, -0.1) is 6.42 Å². The zero-order valence-corrected chi connectivity index (χ0v) is 21.5. The number of benzene rings is 1. The van der Waals surface area contributed by atoms with Gasteiger partial charge in [-0.25, -0.2) is 4.79 Å². The largest absolute Gasteiger partial charge is 0.444 e. The standard InChI is InChI=1S/C26H38N4O5/c1-8-12-17(3)28-23(32)22(19-14-11-10-13-18(19)9-2)30(7)24(33)20(15-16-21(27)31)29-25(34)35-26(4,5)6/h2,10-11,13-14,17,20,22H,8,12,15-16H2,1,3-7H3,(H2,27,31)(H,28,32)(H,29,34). The van der Waals surface area contributed by atoms with E-state index in [4.69, 9.17) is 16.9 Å². The Morgan fingerprint density at radius 3 is 2.31 bits per heavy atom. The number of carbonyl (C=O) groups is 4. The number of ether oxygens (including phenoxy) is 1. The van der Waals surface area contributed by atoms with E-state index in [1.54, 1.807) is 45.0 Å². The van der Waals surface area contributed by atoms with Crippen LogP contribution in [0.15, 0.2) is 24.3 Å². The number of primary amides is 1. The van der Waals surface area contributed by atoms with Gasteiger partial charge in [-0.2, -0.15) is 0 Å². The molecule has 0 aliphatic rings. The maximum Gasteiger partial charge on any atom is 0.408 e. The number of carbonyl (C=O) groups excluding carboxylic acids is 4. The molecule has 0 saturated carbocycles. The van der Waals surface area contributed by atoms with Crippen LogP contribution in [-0.4, -0.2) is 53.4 Å². The third kappa shape index (κ3) is 9.69. The minimum atomic E-state index is -1.15. The maximum absolute atomic E-state index is 13.6. The lowest BCUT2D eigenvalue weighted by molar-refractivity contribution is -0.141. The van der Waals surface area contributed by atoms with Crippen LogP contribution in [0.3, 0.4) is 0 Å². The first-order valence-corrected chi connectivity index (χ1v) is 11.7. The van der Waals surface area contributed by atoms with Crippen LogP contribution < -0.4 is 16.4 Å². The number of hydrogen-bond acceptors (Lipinski definition) is 5. The van der Waals surface area contributed by atoms with Crippen LogP contribution in [0.25, 0.3) is 0 Å². The highest BCUT2D eigenvalue weighted by atomic mass is 16.6. The van der Waals surface area contributed by atoms with Crippen molar-refractivity contribution in [2.45, 2.75) is 84.0 Å². The van der Waals surface area contributed by atoms with Crippen molar-refractivity contribution in [1.82, 2.24) is 15.5 Å². The second-order valence-corrected chi connectivity index (χ2v) is 9.49. The molecular weight excluding hydrogens is 448 g/mol. The summed E-state index contributed by atoms with van der Waals surface area (Å²) in [6.45, 7) is 8.96. The highest BCUT2D eigenvalue weighted by Gasteiger charge is 2.35. The molecular formula is C26H38N4O5. The van der Waals surface area contributed by atoms with E-state index in [0.717, 1.165) is 12.8 Å². The smallest absolute Gasteiger partial charge is 0.408 e. The molecule has 192 valence electrons. The molecule has 1 aromatic rings. The molecule has 0 bridgehead atoms. The molecule has 3 atom stereocenters. The Balaban J connectivity index is 3.36. The van der Waals surface area contributed by atoms with Gasteiger partial charge in [-0.05, 0) is 52.2 Å². The predicted molar refractivity (Wildman–Crippen MR) is 134 cm³/mol. The summed E-state index contributed by atoms with van der Waals surface area (Å²) in [4.78, 5) is 52.0. The van der Waals surface area contributed by atoms with Crippen molar-refractivity contribution in [2.24, 2.45) is 5.73 Å². The van der Waals surface area contributed by atoms with Gasteiger partial charge in [0.1, 0.15) is 17.7 Å². The number of hydrogen-bond donors (Lipinski definition) is 3. The highest BCUT2D eigenvalue weighted by Crippen LogP contribution is 2.25. The maximum atomic E-state index is 13.6. The molecule has 0 aromatic heterocycles. The molecule has 3 unspecified atom stereocenters. The molecule has 0 radical (unpaired) electrons. The lowest BCUT2D eigenvalue weighted by Crippen LogP contribution is -2.52. The zero-order valence-electron chi connectivity index (χ0n) is 21.5. The van der Waals surface area contributed by atoms with Crippen LogP contribution in [0.5, 0.6) is 0 Å². The second-order valence-electron chi connectivity index (χ2n) is 9.49. The first-order chi connectivity index (χ1) is 16.3. The summed E-state index contributed by atoms with van der Waals surface area (Å²) in [6, 6.07) is 4.51. The first kappa shape index (κ1) is 29.5. The summed E-state index contributed by atoms with van der Waals surface area (Å²) in [6.07, 6.45) is 6.27. The Kier molecular flexibility index (Phi) is 11.3. The Labute approximate surface area is 208 Å². The summed E-state index contributed by atoms with van der Waals surface area (Å²) in [7, 11) is 1.46. The lowest BCUT2D eigenvalue weighted by atomic mass is 9.97. The van der Waals surface area contributed by atoms with Crippen molar-refractivity contribution in [1.29, 1.82) is 0 Å². The fraction of sp³-hybridized carbons (Fsp3) is 0.538. The van der Waals surface area contributed by atoms with E-state index in [9.17, 15) is 19.2 Å². The van der Waals surface area contributed by atoms with Crippen molar-refractivity contribution in [3.63, 3.8) is 0 Å². The molecule has 1 aromatic carbocycles. The molecule has 4 N–H and O–H groups in total. The zero-order chi connectivity index (χ0) is 26.8. The van der Waals surface area contributed by atoms with Gasteiger partial charge in [0.25, 0.3) is 0 Å². The van der Waals surface area contributed by atoms with Crippen LogP contribution in [-0.2, 0) is 19.1 Å². The molecule has 0 aliphatic carbocycles. The minimum absolute atomic E-state index is 0.0604. The third-order valence-electron chi connectivity index (χ3n) is 5.17. The van der Waals surface area contributed by atoms with Crippen LogP contribution in [0, 0.1) is 12.3 Å². The number of terminal acetylenes is 1. The van der Waals surface area contributed by atoms with Gasteiger partial charge in [-0.1, -0.05) is 37.5 Å². The number of nitrogens with one attached hydrogen (secondary N) is 2. The van der Waals surface area contributed by atoms with E-state index in [1.165, 1.54) is 11.9 Å². The van der Waals surface area contributed by atoms with E-state index >= 15 is 0 Å². The van der Waals surface area contributed by atoms with Gasteiger partial charge in [0.2, 0.25) is 17.7 Å². The van der Waals surface area contributed by atoms with Crippen molar-refractivity contribution in [3.05, 3.63) is 35.4 Å². The number of nitrogens with zero attached hydrogens (tertiary/aromatic N) is 1. The average molecular weight is 487 g/mol. The van der Waals surface area contributed by atoms with E-state index in [0.29, 0.717) is 11.1 Å². The predicted octanol–water partition coefficient (Wildman–Crippen LogP) is 2.63. The summed E-state index contributed by atoms with van der Waals surface area (Å²) in [5.74, 6) is 0.936. The molecule has 0 aliphatic heterocycles. The number of rotatable bonds is 11. The van der Waals surface area contributed by atoms with Crippen LogP contribution in [0.2, 0.25) is 0 Å². The monoisotopic (exact) mass is 486 g/mol. The Morgan fingerprint density at radius 1 is 1.14 bits per heavy atom. The summed E-state index contributed by atoms with van der Waals surface area (Å²) >= 11 is 0. The Bertz CT molecular complexity index is 948. The van der Waals surface area contributed by atoms with E-state index in [1.807, 2.05) is 13.8 Å². The van der Waals surface area contributed by atoms with Gasteiger partial charge >= 0.3 is 6.09 Å². The fourth-order valence-corrected chi connectivity index (χ4v) is 3.59. The molecule has 0 heterocycles. The SMILES string of the molecule is C#Cc1ccccc1C(C(=O)NC(C)CCC)N(C)C(=O)C(CCC(N)=O)NC(=O)OC(C)(C)C. The fourth-order valence-electron chi connectivity index (χ4n) is 3.59. The molecule has 9 heteroatoms. The summed E-state index contributed by atoms with van der Waals surface area (Å²) < 4.78 is 5.27. The van der Waals surface area contributed by atoms with E-state index in [-0.39, 0.29) is 18.9 Å². The molecule has 4 amide bonds. The topological polar surface area (TPSA) is 131 Å². The number of nitrogens with two attached hydrogens (primary N) is 1. The third-order valence-corrected chi connectivity index (χ3v) is 5.17. The van der Waals surface area contributed by atoms with Crippen molar-refractivity contribution >= 4 is 23.8 Å². The molecule has 0 saturated heterocycles. The van der Waals surface area contributed by atoms with Crippen molar-refractivity contribution in [2.75, 3.05) is 7.05 Å². The molecule has 9 nitrogen and oxygen atoms in total. The summed E-state index contributed by atoms with van der Waals surface area (Å²) in [5, 5.41) is 5.45. The second kappa shape index (κ2) is 13.4. The van der Waals surface area contributed by atoms with Gasteiger partial charge in [0.05, 0.1) is 0 Å². The molecule has 0 spiro atoms. The normalized spacial score (nSPS) is 13.5. The van der Waals surface area contributed by atoms with Gasteiger partial charge in [0.15, 0.2) is 0 Å². The van der Waals surface area contributed by atoms with Crippen molar-refractivity contribution in [3.8, 4) is 12.3 Å². The van der Waals surface area contributed by atoms with Gasteiger partial charge < -0.3 is 26.0 Å². The quantitative estimate of drug-likeness (QED) is 0.414. The van der Waals surface area contributed by atoms with E-state index < -0.39 is 41.5 Å². The molecule has 0 fully saturated rings. The molecule has 1 rings (SSSR count). The summed E-state index contributed by atoms with van der Waals surface area (Å²) in [5.41, 5.74) is 5.41. The highest BCUT2D eigenvalue weighted by molar-refractivity contribution is 5.92. The molecule has 35 heavy (non-hydrogen) atoms. The van der Waals surface area contributed by atoms with Crippen LogP contribution >= 0.6 is 0 Å². The Morgan fingerprint density at radius 2 is 1.77 bits per heavy atom. The number of likely N-dealkylation sites (N-methyl/N-ethyl adjacent to an activating group) is 1. The van der Waals surface area contributed by atoms with Crippen molar-refractivity contribution < 1.29 is 23.9 Å². The Hall–Kier alpha value is -3.54. The lowest BCUT2D eigenvalue weighted by Gasteiger charge is -2.32. The average Bonchev–Trinajstić information content (AvgIpc) is 2.75. The van der Waals surface area contributed by atoms with Crippen LogP contribution in [0.4, 0.5) is 4.79 Å². The van der Waals surface area contributed by atoms with Crippen LogP contribution in [0.1, 0.15) is 77.5 Å². The van der Waals surface area contributed by atoms with E-state index in [2.05, 4.69) is 16.6 Å². The van der Waals surface area contributed by atoms with Gasteiger partial charge in [-0.3, -0.25) is 14.4 Å². The van der Waals surface area contributed by atoms with Gasteiger partial charge in [0, 0.05) is 25.1 Å².